The summed E-state index contributed by atoms with van der Waals surface area (Å²) >= 11 is 5.95. The van der Waals surface area contributed by atoms with Crippen LogP contribution in [0.5, 0.6) is 11.5 Å². The quantitative estimate of drug-likeness (QED) is 0.906. The Bertz CT molecular complexity index is 421. The lowest BCUT2D eigenvalue weighted by Gasteiger charge is -2.16. The highest BCUT2D eigenvalue weighted by molar-refractivity contribution is 6.32. The zero-order valence-electron chi connectivity index (χ0n) is 10.2. The van der Waals surface area contributed by atoms with E-state index in [2.05, 4.69) is 5.32 Å². The molecule has 0 radical (unpaired) electrons. The van der Waals surface area contributed by atoms with Crippen LogP contribution in [0, 0.1) is 0 Å². The van der Waals surface area contributed by atoms with E-state index in [1.807, 2.05) is 0 Å². The van der Waals surface area contributed by atoms with Crippen molar-refractivity contribution in [1.29, 1.82) is 0 Å². The Hall–Kier alpha value is -1.62. The van der Waals surface area contributed by atoms with Gasteiger partial charge in [0.25, 0.3) is 0 Å². The number of benzene rings is 1. The van der Waals surface area contributed by atoms with Crippen LogP contribution in [0.25, 0.3) is 0 Å². The minimum absolute atomic E-state index is 0.257. The number of carbonyl (C=O) groups excluding carboxylic acids is 1. The first-order valence-corrected chi connectivity index (χ1v) is 5.27. The maximum Gasteiger partial charge on any atom is 0.321 e. The normalized spacial score (nSPS) is 9.71. The number of ether oxygens (including phenoxy) is 2. The molecule has 0 unspecified atom stereocenters. The molecule has 1 aromatic carbocycles. The number of anilines is 1. The first kappa shape index (κ1) is 13.4. The summed E-state index contributed by atoms with van der Waals surface area (Å²) in [6, 6.07) is 2.95. The van der Waals surface area contributed by atoms with Crippen LogP contribution in [0.3, 0.4) is 0 Å². The summed E-state index contributed by atoms with van der Waals surface area (Å²) in [6.07, 6.45) is 0. The van der Waals surface area contributed by atoms with E-state index in [0.29, 0.717) is 22.2 Å². The zero-order valence-corrected chi connectivity index (χ0v) is 11.0. The third-order valence-electron chi connectivity index (χ3n) is 2.12. The van der Waals surface area contributed by atoms with E-state index in [0.717, 1.165) is 0 Å². The fraction of sp³-hybridized carbons (Fsp3) is 0.364. The van der Waals surface area contributed by atoms with Crippen molar-refractivity contribution in [2.24, 2.45) is 0 Å². The standard InChI is InChI=1S/C11H15ClN2O3/c1-14(2)11(15)13-8-6-9(16-3)7(12)5-10(8)17-4/h5-6H,1-4H3,(H,13,15). The number of nitrogens with zero attached hydrogens (tertiary/aromatic N) is 1. The highest BCUT2D eigenvalue weighted by Crippen LogP contribution is 2.35. The van der Waals surface area contributed by atoms with Gasteiger partial charge in [-0.05, 0) is 0 Å². The zero-order chi connectivity index (χ0) is 13.0. The molecule has 0 fully saturated rings. The molecular formula is C11H15ClN2O3. The number of hydrogen-bond donors (Lipinski definition) is 1. The van der Waals surface area contributed by atoms with E-state index in [4.69, 9.17) is 21.1 Å². The van der Waals surface area contributed by atoms with E-state index in [9.17, 15) is 4.79 Å². The summed E-state index contributed by atoms with van der Waals surface area (Å²) in [4.78, 5) is 13.0. The molecule has 0 saturated carbocycles. The lowest BCUT2D eigenvalue weighted by atomic mass is 10.2. The van der Waals surface area contributed by atoms with Gasteiger partial charge in [-0.1, -0.05) is 11.6 Å². The van der Waals surface area contributed by atoms with Crippen LogP contribution in [0.15, 0.2) is 12.1 Å². The molecule has 0 atom stereocenters. The van der Waals surface area contributed by atoms with Crippen molar-refractivity contribution in [2.75, 3.05) is 33.6 Å². The van der Waals surface area contributed by atoms with Crippen LogP contribution in [0.1, 0.15) is 0 Å². The molecule has 1 N–H and O–H groups in total. The molecular weight excluding hydrogens is 244 g/mol. The molecule has 0 aliphatic carbocycles. The van der Waals surface area contributed by atoms with E-state index in [1.165, 1.54) is 19.1 Å². The Kier molecular flexibility index (Phi) is 4.45. The Morgan fingerprint density at radius 1 is 1.24 bits per heavy atom. The molecule has 0 bridgehead atoms. The van der Waals surface area contributed by atoms with Gasteiger partial charge in [-0.2, -0.15) is 0 Å². The van der Waals surface area contributed by atoms with E-state index < -0.39 is 0 Å². The second-order valence-electron chi connectivity index (χ2n) is 3.51. The molecule has 1 rings (SSSR count). The second-order valence-corrected chi connectivity index (χ2v) is 3.92. The number of rotatable bonds is 3. The summed E-state index contributed by atoms with van der Waals surface area (Å²) in [5, 5.41) is 3.11. The molecule has 5 nitrogen and oxygen atoms in total. The Balaban J connectivity index is 3.08. The Morgan fingerprint density at radius 2 is 1.82 bits per heavy atom. The summed E-state index contributed by atoms with van der Waals surface area (Å²) < 4.78 is 10.2. The highest BCUT2D eigenvalue weighted by atomic mass is 35.5. The van der Waals surface area contributed by atoms with Crippen molar-refractivity contribution >= 4 is 23.3 Å². The summed E-state index contributed by atoms with van der Waals surface area (Å²) in [6.45, 7) is 0. The van der Waals surface area contributed by atoms with Crippen molar-refractivity contribution in [1.82, 2.24) is 4.90 Å². The average molecular weight is 259 g/mol. The van der Waals surface area contributed by atoms with Gasteiger partial charge in [0.15, 0.2) is 0 Å². The van der Waals surface area contributed by atoms with Crippen LogP contribution in [-0.4, -0.2) is 39.2 Å². The van der Waals surface area contributed by atoms with Gasteiger partial charge in [0.2, 0.25) is 0 Å². The van der Waals surface area contributed by atoms with Gasteiger partial charge in [0.05, 0.1) is 24.9 Å². The minimum atomic E-state index is -0.257. The van der Waals surface area contributed by atoms with Crippen LogP contribution in [0.2, 0.25) is 5.02 Å². The van der Waals surface area contributed by atoms with Crippen LogP contribution >= 0.6 is 11.6 Å². The Morgan fingerprint density at radius 3 is 2.29 bits per heavy atom. The van der Waals surface area contributed by atoms with Gasteiger partial charge in [-0.25, -0.2) is 4.79 Å². The fourth-order valence-corrected chi connectivity index (χ4v) is 1.42. The van der Waals surface area contributed by atoms with Crippen LogP contribution < -0.4 is 14.8 Å². The molecule has 0 aromatic heterocycles. The summed E-state index contributed by atoms with van der Waals surface area (Å²) in [5.41, 5.74) is 0.507. The van der Waals surface area contributed by atoms with E-state index >= 15 is 0 Å². The van der Waals surface area contributed by atoms with Gasteiger partial charge in [0, 0.05) is 26.2 Å². The van der Waals surface area contributed by atoms with E-state index in [1.54, 1.807) is 26.2 Å². The molecule has 0 aliphatic heterocycles. The van der Waals surface area contributed by atoms with Gasteiger partial charge in [-0.15, -0.1) is 0 Å². The van der Waals surface area contributed by atoms with Crippen molar-refractivity contribution in [3.05, 3.63) is 17.2 Å². The molecule has 0 aliphatic rings. The predicted octanol–water partition coefficient (Wildman–Crippen LogP) is 2.45. The third kappa shape index (κ3) is 3.17. The molecule has 0 saturated heterocycles. The average Bonchev–Trinajstić information content (AvgIpc) is 2.30. The first-order valence-electron chi connectivity index (χ1n) is 4.89. The molecule has 1 aromatic rings. The molecule has 17 heavy (non-hydrogen) atoms. The summed E-state index contributed by atoms with van der Waals surface area (Å²) in [7, 11) is 6.30. The highest BCUT2D eigenvalue weighted by Gasteiger charge is 2.13. The molecule has 0 spiro atoms. The third-order valence-corrected chi connectivity index (χ3v) is 2.42. The number of halogens is 1. The summed E-state index contributed by atoms with van der Waals surface area (Å²) in [5.74, 6) is 0.951. The van der Waals surface area contributed by atoms with Crippen molar-refractivity contribution in [3.63, 3.8) is 0 Å². The topological polar surface area (TPSA) is 50.8 Å². The van der Waals surface area contributed by atoms with Gasteiger partial charge in [0.1, 0.15) is 11.5 Å². The number of carbonyl (C=O) groups is 1. The van der Waals surface area contributed by atoms with Gasteiger partial charge >= 0.3 is 6.03 Å². The molecule has 0 heterocycles. The van der Waals surface area contributed by atoms with Crippen molar-refractivity contribution in [3.8, 4) is 11.5 Å². The van der Waals surface area contributed by atoms with Crippen molar-refractivity contribution < 1.29 is 14.3 Å². The maximum absolute atomic E-state index is 11.6. The number of amides is 2. The first-order chi connectivity index (χ1) is 7.99. The van der Waals surface area contributed by atoms with Crippen LogP contribution in [0.4, 0.5) is 10.5 Å². The second kappa shape index (κ2) is 5.63. The molecule has 2 amide bonds. The van der Waals surface area contributed by atoms with E-state index in [-0.39, 0.29) is 6.03 Å². The predicted molar refractivity (Wildman–Crippen MR) is 67.3 cm³/mol. The monoisotopic (exact) mass is 258 g/mol. The SMILES string of the molecule is COc1cc(NC(=O)N(C)C)c(OC)cc1Cl. The number of urea groups is 1. The Labute approximate surface area is 105 Å². The number of nitrogens with one attached hydrogen (secondary N) is 1. The fourth-order valence-electron chi connectivity index (χ4n) is 1.19. The lowest BCUT2D eigenvalue weighted by molar-refractivity contribution is 0.230. The molecule has 6 heteroatoms. The number of hydrogen-bond acceptors (Lipinski definition) is 3. The largest absolute Gasteiger partial charge is 0.495 e. The smallest absolute Gasteiger partial charge is 0.321 e. The molecule has 94 valence electrons. The van der Waals surface area contributed by atoms with Crippen LogP contribution in [-0.2, 0) is 0 Å². The van der Waals surface area contributed by atoms with Crippen molar-refractivity contribution in [2.45, 2.75) is 0 Å². The van der Waals surface area contributed by atoms with Gasteiger partial charge < -0.3 is 19.7 Å². The van der Waals surface area contributed by atoms with Gasteiger partial charge in [-0.3, -0.25) is 0 Å². The minimum Gasteiger partial charge on any atom is -0.495 e. The maximum atomic E-state index is 11.6. The lowest BCUT2D eigenvalue weighted by Crippen LogP contribution is -2.27. The number of methoxy groups -OCH3 is 2.